The van der Waals surface area contributed by atoms with Gasteiger partial charge in [-0.1, -0.05) is 59.9 Å². The minimum absolute atomic E-state index is 0.0737. The van der Waals surface area contributed by atoms with E-state index in [-0.39, 0.29) is 5.91 Å². The van der Waals surface area contributed by atoms with Crippen molar-refractivity contribution in [3.05, 3.63) is 94.8 Å². The lowest BCUT2D eigenvalue weighted by Crippen LogP contribution is -2.39. The smallest absolute Gasteiger partial charge is 0.270 e. The lowest BCUT2D eigenvalue weighted by molar-refractivity contribution is 0.0691. The average Bonchev–Trinajstić information content (AvgIpc) is 3.09. The van der Waals surface area contributed by atoms with Gasteiger partial charge < -0.3 is 9.47 Å². The Bertz CT molecular complexity index is 988. The van der Waals surface area contributed by atoms with Crippen LogP contribution in [0.2, 0.25) is 0 Å². The van der Waals surface area contributed by atoms with Gasteiger partial charge in [0.1, 0.15) is 5.69 Å². The summed E-state index contributed by atoms with van der Waals surface area (Å²) >= 11 is 0. The number of benzene rings is 2. The third-order valence-corrected chi connectivity index (χ3v) is 4.63. The van der Waals surface area contributed by atoms with Crippen LogP contribution in [0.1, 0.15) is 32.7 Å². The second-order valence-electron chi connectivity index (χ2n) is 6.64. The van der Waals surface area contributed by atoms with E-state index in [2.05, 4.69) is 43.0 Å². The van der Waals surface area contributed by atoms with Gasteiger partial charge in [-0.25, -0.2) is 0 Å². The molecule has 0 bridgehead atoms. The van der Waals surface area contributed by atoms with Crippen LogP contribution in [0.25, 0.3) is 0 Å². The molecule has 4 rings (SSSR count). The van der Waals surface area contributed by atoms with Crippen LogP contribution in [0.4, 0.5) is 0 Å². The van der Waals surface area contributed by atoms with Gasteiger partial charge in [0, 0.05) is 37.0 Å². The fraction of sp³-hybridized carbons (Fsp3) is 0.174. The van der Waals surface area contributed by atoms with Crippen LogP contribution in [0.15, 0.2) is 66.9 Å². The Labute approximate surface area is 153 Å². The summed E-state index contributed by atoms with van der Waals surface area (Å²) in [6, 6.07) is 20.1. The van der Waals surface area contributed by atoms with Crippen LogP contribution in [0.3, 0.4) is 0 Å². The Balaban J connectivity index is 1.53. The second-order valence-corrected chi connectivity index (χ2v) is 6.64. The number of rotatable bonds is 2. The number of nitrogens with zero attached hydrogens (tertiary/aromatic N) is 2. The highest BCUT2D eigenvalue weighted by Gasteiger charge is 2.25. The molecule has 0 aliphatic carbocycles. The Morgan fingerprint density at radius 2 is 1.65 bits per heavy atom. The number of carbonyl (C=O) groups is 1. The van der Waals surface area contributed by atoms with Gasteiger partial charge in [-0.15, -0.1) is 0 Å². The van der Waals surface area contributed by atoms with Gasteiger partial charge in [-0.05, 0) is 30.7 Å². The van der Waals surface area contributed by atoms with E-state index in [4.69, 9.17) is 0 Å². The third kappa shape index (κ3) is 3.41. The Morgan fingerprint density at radius 3 is 2.42 bits per heavy atom. The highest BCUT2D eigenvalue weighted by atomic mass is 16.2. The fourth-order valence-corrected chi connectivity index (χ4v) is 3.17. The molecular weight excluding hydrogens is 320 g/mol. The number of aromatic nitrogens is 1. The molecule has 1 aliphatic heterocycles. The minimum Gasteiger partial charge on any atom is -0.340 e. The van der Waals surface area contributed by atoms with Crippen molar-refractivity contribution >= 4 is 5.91 Å². The number of aryl methyl sites for hydroxylation is 1. The molecule has 0 spiro atoms. The molecule has 0 saturated heterocycles. The second kappa shape index (κ2) is 6.93. The monoisotopic (exact) mass is 340 g/mol. The van der Waals surface area contributed by atoms with Crippen LogP contribution < -0.4 is 0 Å². The molecule has 0 N–H and O–H groups in total. The van der Waals surface area contributed by atoms with E-state index >= 15 is 0 Å². The number of fused-ring (bicyclic) bond motifs is 1. The first kappa shape index (κ1) is 16.2. The summed E-state index contributed by atoms with van der Waals surface area (Å²) in [5.74, 6) is 6.39. The van der Waals surface area contributed by atoms with Crippen molar-refractivity contribution in [2.24, 2.45) is 0 Å². The van der Waals surface area contributed by atoms with Crippen molar-refractivity contribution in [3.8, 4) is 11.8 Å². The topological polar surface area (TPSA) is 25.2 Å². The summed E-state index contributed by atoms with van der Waals surface area (Å²) in [6.45, 7) is 4.25. The summed E-state index contributed by atoms with van der Waals surface area (Å²) < 4.78 is 2.02. The molecule has 2 aromatic carbocycles. The highest BCUT2D eigenvalue weighted by molar-refractivity contribution is 5.94. The van der Waals surface area contributed by atoms with E-state index < -0.39 is 0 Å². The summed E-state index contributed by atoms with van der Waals surface area (Å²) in [5.41, 5.74) is 4.97. The summed E-state index contributed by atoms with van der Waals surface area (Å²) in [5, 5.41) is 0. The molecule has 26 heavy (non-hydrogen) atoms. The van der Waals surface area contributed by atoms with Gasteiger partial charge >= 0.3 is 0 Å². The van der Waals surface area contributed by atoms with Crippen LogP contribution >= 0.6 is 0 Å². The maximum Gasteiger partial charge on any atom is 0.270 e. The maximum atomic E-state index is 12.8. The van der Waals surface area contributed by atoms with Crippen molar-refractivity contribution in [3.63, 3.8) is 0 Å². The van der Waals surface area contributed by atoms with Crippen molar-refractivity contribution in [2.75, 3.05) is 6.54 Å². The largest absolute Gasteiger partial charge is 0.340 e. The van der Waals surface area contributed by atoms with E-state index in [0.29, 0.717) is 6.54 Å². The predicted octanol–water partition coefficient (Wildman–Crippen LogP) is 3.85. The zero-order valence-corrected chi connectivity index (χ0v) is 14.8. The zero-order chi connectivity index (χ0) is 17.9. The molecule has 128 valence electrons. The van der Waals surface area contributed by atoms with Crippen molar-refractivity contribution in [1.82, 2.24) is 9.47 Å². The molecule has 2 heterocycles. The van der Waals surface area contributed by atoms with Gasteiger partial charge in [-0.3, -0.25) is 4.79 Å². The van der Waals surface area contributed by atoms with Crippen LogP contribution in [0.5, 0.6) is 0 Å². The molecule has 1 aliphatic rings. The predicted molar refractivity (Wildman–Crippen MR) is 103 cm³/mol. The Morgan fingerprint density at radius 1 is 0.923 bits per heavy atom. The number of hydrogen-bond donors (Lipinski definition) is 0. The summed E-state index contributed by atoms with van der Waals surface area (Å²) in [4.78, 5) is 14.7. The van der Waals surface area contributed by atoms with Crippen LogP contribution in [-0.2, 0) is 13.1 Å². The third-order valence-electron chi connectivity index (χ3n) is 4.63. The number of hydrogen-bond acceptors (Lipinski definition) is 1. The highest BCUT2D eigenvalue weighted by Crippen LogP contribution is 2.18. The first-order valence-electron chi connectivity index (χ1n) is 8.81. The van der Waals surface area contributed by atoms with E-state index in [1.165, 1.54) is 5.56 Å². The molecular formula is C23H20N2O. The van der Waals surface area contributed by atoms with Gasteiger partial charge in [0.25, 0.3) is 5.91 Å². The molecule has 0 fully saturated rings. The molecule has 3 nitrogen and oxygen atoms in total. The normalized spacial score (nSPS) is 13.1. The van der Waals surface area contributed by atoms with E-state index in [1.807, 2.05) is 52.1 Å². The van der Waals surface area contributed by atoms with Crippen molar-refractivity contribution in [1.29, 1.82) is 0 Å². The first-order valence-corrected chi connectivity index (χ1v) is 8.81. The molecule has 1 aromatic heterocycles. The molecule has 0 saturated carbocycles. The standard InChI is InChI=1S/C23H20N2O/c1-18-7-9-20(10-8-18)16-25-14-13-24-17-21(15-22(24)23(25)26)12-11-19-5-3-2-4-6-19/h2-10,15,17H,13-14,16H2,1H3. The van der Waals surface area contributed by atoms with Gasteiger partial charge in [0.2, 0.25) is 0 Å². The molecule has 3 heteroatoms. The molecule has 0 unspecified atom stereocenters. The van der Waals surface area contributed by atoms with Crippen LogP contribution in [-0.4, -0.2) is 21.9 Å². The quantitative estimate of drug-likeness (QED) is 0.651. The zero-order valence-electron chi connectivity index (χ0n) is 14.8. The minimum atomic E-state index is 0.0737. The van der Waals surface area contributed by atoms with E-state index in [0.717, 1.165) is 35.5 Å². The van der Waals surface area contributed by atoms with Gasteiger partial charge in [-0.2, -0.15) is 0 Å². The summed E-state index contributed by atoms with van der Waals surface area (Å²) in [6.07, 6.45) is 1.98. The van der Waals surface area contributed by atoms with Gasteiger partial charge in [0.05, 0.1) is 0 Å². The SMILES string of the molecule is Cc1ccc(CN2CCn3cc(C#Cc4ccccc4)cc3C2=O)cc1. The molecule has 1 amide bonds. The average molecular weight is 340 g/mol. The summed E-state index contributed by atoms with van der Waals surface area (Å²) in [7, 11) is 0. The molecule has 0 radical (unpaired) electrons. The number of amides is 1. The Hall–Kier alpha value is -3.25. The molecule has 0 atom stereocenters. The fourth-order valence-electron chi connectivity index (χ4n) is 3.17. The van der Waals surface area contributed by atoms with Crippen molar-refractivity contribution < 1.29 is 4.79 Å². The maximum absolute atomic E-state index is 12.8. The molecule has 3 aromatic rings. The van der Waals surface area contributed by atoms with E-state index in [9.17, 15) is 4.79 Å². The van der Waals surface area contributed by atoms with Crippen LogP contribution in [0, 0.1) is 18.8 Å². The number of carbonyl (C=O) groups excluding carboxylic acids is 1. The first-order chi connectivity index (χ1) is 12.7. The van der Waals surface area contributed by atoms with Gasteiger partial charge in [0.15, 0.2) is 0 Å². The van der Waals surface area contributed by atoms with Crippen molar-refractivity contribution in [2.45, 2.75) is 20.0 Å². The Kier molecular flexibility index (Phi) is 4.33. The lowest BCUT2D eigenvalue weighted by atomic mass is 10.1. The van der Waals surface area contributed by atoms with E-state index in [1.54, 1.807) is 0 Å². The lowest BCUT2D eigenvalue weighted by Gasteiger charge is -2.28.